The van der Waals surface area contributed by atoms with Gasteiger partial charge < -0.3 is 10.2 Å². The highest BCUT2D eigenvalue weighted by atomic mass is 15.2. The van der Waals surface area contributed by atoms with Crippen molar-refractivity contribution in [2.24, 2.45) is 5.92 Å². The van der Waals surface area contributed by atoms with E-state index in [2.05, 4.69) is 17.1 Å². The summed E-state index contributed by atoms with van der Waals surface area (Å²) in [5.41, 5.74) is 0. The van der Waals surface area contributed by atoms with Gasteiger partial charge in [0.2, 0.25) is 0 Å². The number of nitrogens with zero attached hydrogens (tertiary/aromatic N) is 1. The summed E-state index contributed by atoms with van der Waals surface area (Å²) in [5.74, 6) is 0.893. The second-order valence-corrected chi connectivity index (χ2v) is 3.98. The molecule has 2 aliphatic heterocycles. The average Bonchev–Trinajstić information content (AvgIpc) is 2.21. The molecule has 0 spiro atoms. The fourth-order valence-corrected chi connectivity index (χ4v) is 2.20. The Morgan fingerprint density at radius 2 is 2.27 bits per heavy atom. The van der Waals surface area contributed by atoms with Crippen LogP contribution in [0.4, 0.5) is 0 Å². The first kappa shape index (κ1) is 7.56. The molecule has 2 nitrogen and oxygen atoms in total. The van der Waals surface area contributed by atoms with Crippen molar-refractivity contribution in [3.05, 3.63) is 0 Å². The fraction of sp³-hybridized carbons (Fsp3) is 1.00. The normalized spacial score (nSPS) is 45.0. The van der Waals surface area contributed by atoms with Crippen molar-refractivity contribution in [2.75, 3.05) is 26.2 Å². The first-order valence-corrected chi connectivity index (χ1v) is 4.82. The van der Waals surface area contributed by atoms with Crippen molar-refractivity contribution in [1.29, 1.82) is 0 Å². The monoisotopic (exact) mass is 154 g/mol. The molecule has 3 unspecified atom stereocenters. The Morgan fingerprint density at radius 1 is 1.36 bits per heavy atom. The molecule has 0 aromatic carbocycles. The molecule has 11 heavy (non-hydrogen) atoms. The van der Waals surface area contributed by atoms with Crippen LogP contribution < -0.4 is 5.32 Å². The van der Waals surface area contributed by atoms with E-state index < -0.39 is 0 Å². The third-order valence-electron chi connectivity index (χ3n) is 3.10. The van der Waals surface area contributed by atoms with Crippen molar-refractivity contribution >= 4 is 0 Å². The van der Waals surface area contributed by atoms with E-state index in [-0.39, 0.29) is 0 Å². The van der Waals surface area contributed by atoms with Gasteiger partial charge >= 0.3 is 0 Å². The van der Waals surface area contributed by atoms with Gasteiger partial charge in [0.05, 0.1) is 0 Å². The molecule has 2 aliphatic rings. The van der Waals surface area contributed by atoms with Gasteiger partial charge in [-0.05, 0) is 38.4 Å². The summed E-state index contributed by atoms with van der Waals surface area (Å²) < 4.78 is 0. The molecular formula is C9H18N2. The van der Waals surface area contributed by atoms with E-state index in [1.54, 1.807) is 0 Å². The van der Waals surface area contributed by atoms with Crippen LogP contribution in [0.15, 0.2) is 0 Å². The summed E-state index contributed by atoms with van der Waals surface area (Å²) in [6.07, 6.45) is 2.72. The van der Waals surface area contributed by atoms with Crippen LogP contribution in [-0.4, -0.2) is 37.1 Å². The fourth-order valence-electron chi connectivity index (χ4n) is 2.20. The molecular weight excluding hydrogens is 136 g/mol. The smallest absolute Gasteiger partial charge is 0.0221 e. The van der Waals surface area contributed by atoms with Gasteiger partial charge in [-0.3, -0.25) is 0 Å². The van der Waals surface area contributed by atoms with Gasteiger partial charge in [-0.1, -0.05) is 6.92 Å². The van der Waals surface area contributed by atoms with Crippen LogP contribution in [0.2, 0.25) is 0 Å². The Morgan fingerprint density at radius 3 is 3.18 bits per heavy atom. The first-order valence-electron chi connectivity index (χ1n) is 4.82. The molecule has 0 radical (unpaired) electrons. The van der Waals surface area contributed by atoms with Gasteiger partial charge in [0, 0.05) is 12.6 Å². The van der Waals surface area contributed by atoms with E-state index in [9.17, 15) is 0 Å². The first-order chi connectivity index (χ1) is 5.36. The van der Waals surface area contributed by atoms with Gasteiger partial charge in [0.1, 0.15) is 0 Å². The van der Waals surface area contributed by atoms with Crippen molar-refractivity contribution in [2.45, 2.75) is 25.8 Å². The van der Waals surface area contributed by atoms with E-state index >= 15 is 0 Å². The average molecular weight is 154 g/mol. The summed E-state index contributed by atoms with van der Waals surface area (Å²) in [6.45, 7) is 7.54. The third-order valence-corrected chi connectivity index (χ3v) is 3.10. The molecule has 0 aromatic rings. The number of piperidine rings is 1. The molecule has 2 bridgehead atoms. The van der Waals surface area contributed by atoms with Gasteiger partial charge in [-0.2, -0.15) is 0 Å². The lowest BCUT2D eigenvalue weighted by Gasteiger charge is -2.34. The maximum absolute atomic E-state index is 3.62. The quantitative estimate of drug-likeness (QED) is 0.552. The largest absolute Gasteiger partial charge is 0.312 e. The molecule has 1 N–H and O–H groups in total. The summed E-state index contributed by atoms with van der Waals surface area (Å²) in [5, 5.41) is 3.62. The van der Waals surface area contributed by atoms with E-state index in [1.165, 1.54) is 39.0 Å². The van der Waals surface area contributed by atoms with Crippen LogP contribution in [0.25, 0.3) is 0 Å². The zero-order valence-electron chi connectivity index (χ0n) is 7.34. The van der Waals surface area contributed by atoms with E-state index in [1.807, 2.05) is 0 Å². The molecule has 2 rings (SSSR count). The van der Waals surface area contributed by atoms with Gasteiger partial charge in [-0.15, -0.1) is 0 Å². The Bertz CT molecular complexity index is 136. The highest BCUT2D eigenvalue weighted by Crippen LogP contribution is 2.18. The Balaban J connectivity index is 2.00. The summed E-state index contributed by atoms with van der Waals surface area (Å²) in [4.78, 5) is 2.60. The summed E-state index contributed by atoms with van der Waals surface area (Å²) in [6, 6.07) is 0.784. The number of fused-ring (bicyclic) bond motifs is 2. The van der Waals surface area contributed by atoms with Crippen molar-refractivity contribution < 1.29 is 0 Å². The predicted molar refractivity (Wildman–Crippen MR) is 46.6 cm³/mol. The second kappa shape index (κ2) is 3.11. The molecule has 2 heteroatoms. The molecule has 2 saturated heterocycles. The van der Waals surface area contributed by atoms with Crippen molar-refractivity contribution in [3.63, 3.8) is 0 Å². The van der Waals surface area contributed by atoms with Gasteiger partial charge in [-0.25, -0.2) is 0 Å². The number of nitrogens with one attached hydrogen (secondary N) is 1. The lowest BCUT2D eigenvalue weighted by Crippen LogP contribution is -2.47. The summed E-state index contributed by atoms with van der Waals surface area (Å²) in [7, 11) is 0. The van der Waals surface area contributed by atoms with E-state index in [0.29, 0.717) is 0 Å². The minimum absolute atomic E-state index is 0.784. The number of hydrogen-bond donors (Lipinski definition) is 1. The molecule has 0 amide bonds. The third kappa shape index (κ3) is 1.57. The maximum Gasteiger partial charge on any atom is 0.0221 e. The molecule has 2 fully saturated rings. The number of rotatable bonds is 0. The minimum atomic E-state index is 0.784. The van der Waals surface area contributed by atoms with Crippen LogP contribution >= 0.6 is 0 Å². The Kier molecular flexibility index (Phi) is 2.14. The standard InChI is InChI=1S/C9H18N2/c1-8-3-6-11-5-2-4-10-9(8)7-11/h8-10H,2-7H2,1H3. The van der Waals surface area contributed by atoms with Gasteiger partial charge in [0.25, 0.3) is 0 Å². The van der Waals surface area contributed by atoms with Crippen LogP contribution in [-0.2, 0) is 0 Å². The minimum Gasteiger partial charge on any atom is -0.312 e. The van der Waals surface area contributed by atoms with Gasteiger partial charge in [0.15, 0.2) is 0 Å². The topological polar surface area (TPSA) is 15.3 Å². The molecule has 2 heterocycles. The van der Waals surface area contributed by atoms with E-state index in [0.717, 1.165) is 12.0 Å². The predicted octanol–water partition coefficient (Wildman–Crippen LogP) is 0.690. The van der Waals surface area contributed by atoms with Crippen LogP contribution in [0.5, 0.6) is 0 Å². The zero-order valence-corrected chi connectivity index (χ0v) is 7.34. The Labute approximate surface area is 69.0 Å². The van der Waals surface area contributed by atoms with E-state index in [4.69, 9.17) is 0 Å². The highest BCUT2D eigenvalue weighted by Gasteiger charge is 2.26. The lowest BCUT2D eigenvalue weighted by atomic mass is 9.94. The maximum atomic E-state index is 3.62. The van der Waals surface area contributed by atoms with Crippen LogP contribution in [0.1, 0.15) is 19.8 Å². The zero-order chi connectivity index (χ0) is 7.68. The summed E-state index contributed by atoms with van der Waals surface area (Å²) >= 11 is 0. The molecule has 3 atom stereocenters. The highest BCUT2D eigenvalue weighted by molar-refractivity contribution is 4.85. The van der Waals surface area contributed by atoms with Crippen molar-refractivity contribution in [3.8, 4) is 0 Å². The lowest BCUT2D eigenvalue weighted by molar-refractivity contribution is 0.172. The van der Waals surface area contributed by atoms with Crippen molar-refractivity contribution in [1.82, 2.24) is 10.2 Å². The molecule has 0 aliphatic carbocycles. The SMILES string of the molecule is CC1CCN2CCCNC1C2. The van der Waals surface area contributed by atoms with Crippen LogP contribution in [0, 0.1) is 5.92 Å². The molecule has 0 saturated carbocycles. The second-order valence-electron chi connectivity index (χ2n) is 3.98. The van der Waals surface area contributed by atoms with Crippen LogP contribution in [0.3, 0.4) is 0 Å². The number of hydrogen-bond acceptors (Lipinski definition) is 2. The molecule has 0 aromatic heterocycles. The molecule has 64 valence electrons. The Hall–Kier alpha value is -0.0800.